The third-order valence-corrected chi connectivity index (χ3v) is 2.71. The number of carboxylic acid groups (broad SMARTS) is 1. The van der Waals surface area contributed by atoms with E-state index in [-0.39, 0.29) is 6.04 Å². The summed E-state index contributed by atoms with van der Waals surface area (Å²) < 4.78 is 0. The predicted molar refractivity (Wildman–Crippen MR) is 59.7 cm³/mol. The second-order valence-corrected chi connectivity index (χ2v) is 4.18. The molecule has 14 heavy (non-hydrogen) atoms. The zero-order valence-electron chi connectivity index (χ0n) is 8.43. The third kappa shape index (κ3) is 6.73. The molecule has 0 aromatic heterocycles. The van der Waals surface area contributed by atoms with Crippen molar-refractivity contribution in [1.82, 2.24) is 0 Å². The molecule has 0 aliphatic heterocycles. The Morgan fingerprint density at radius 2 is 2.14 bits per heavy atom. The van der Waals surface area contributed by atoms with E-state index >= 15 is 0 Å². The van der Waals surface area contributed by atoms with Gasteiger partial charge in [0.15, 0.2) is 0 Å². The number of thioether (sulfide) groups is 1. The number of nitrogens with zero attached hydrogens (tertiary/aromatic N) is 1. The summed E-state index contributed by atoms with van der Waals surface area (Å²) in [5.41, 5.74) is 10.7. The minimum Gasteiger partial charge on any atom is -0.480 e. The zero-order chi connectivity index (χ0) is 11.1. The average Bonchev–Trinajstić information content (AvgIpc) is 2.02. The first-order chi connectivity index (χ1) is 6.43. The van der Waals surface area contributed by atoms with Crippen LogP contribution >= 0.6 is 11.8 Å². The molecular weight excluding hydrogens is 202 g/mol. The molecular formula is C8H17N3O2S. The van der Waals surface area contributed by atoms with Crippen LogP contribution in [-0.4, -0.2) is 40.5 Å². The monoisotopic (exact) mass is 219 g/mol. The van der Waals surface area contributed by atoms with Crippen molar-refractivity contribution >= 4 is 23.6 Å². The summed E-state index contributed by atoms with van der Waals surface area (Å²) >= 11 is 1.47. The summed E-state index contributed by atoms with van der Waals surface area (Å²) in [6, 6.07) is -0.693. The Hall–Kier alpha value is -0.750. The first-order valence-electron chi connectivity index (χ1n) is 4.29. The van der Waals surface area contributed by atoms with Crippen LogP contribution in [0.4, 0.5) is 0 Å². The molecule has 0 radical (unpaired) electrons. The quantitative estimate of drug-likeness (QED) is 0.427. The van der Waals surface area contributed by atoms with E-state index in [1.807, 2.05) is 6.92 Å². The topological polar surface area (TPSA) is 102 Å². The molecule has 0 saturated carbocycles. The second-order valence-electron chi connectivity index (χ2n) is 3.10. The molecule has 6 heteroatoms. The fourth-order valence-electron chi connectivity index (χ4n) is 0.822. The van der Waals surface area contributed by atoms with Crippen LogP contribution in [0.2, 0.25) is 0 Å². The first kappa shape index (κ1) is 13.2. The lowest BCUT2D eigenvalue weighted by Crippen LogP contribution is -2.32. The van der Waals surface area contributed by atoms with Gasteiger partial charge in [0.25, 0.3) is 0 Å². The molecule has 1 unspecified atom stereocenters. The highest BCUT2D eigenvalue weighted by Gasteiger charge is 2.11. The van der Waals surface area contributed by atoms with Gasteiger partial charge in [0, 0.05) is 11.5 Å². The van der Waals surface area contributed by atoms with E-state index in [1.165, 1.54) is 11.8 Å². The molecule has 5 N–H and O–H groups in total. The van der Waals surface area contributed by atoms with Crippen LogP contribution in [0.15, 0.2) is 4.99 Å². The number of hydrogen-bond donors (Lipinski definition) is 3. The number of aliphatic imine (C=N–C) groups is 1. The summed E-state index contributed by atoms with van der Waals surface area (Å²) in [4.78, 5) is 14.5. The Bertz CT molecular complexity index is 217. The van der Waals surface area contributed by atoms with Crippen LogP contribution in [-0.2, 0) is 4.79 Å². The molecule has 0 spiro atoms. The van der Waals surface area contributed by atoms with Gasteiger partial charge in [-0.05, 0) is 13.8 Å². The van der Waals surface area contributed by atoms with Crippen LogP contribution in [0.3, 0.4) is 0 Å². The molecule has 0 fully saturated rings. The molecule has 0 aromatic rings. The van der Waals surface area contributed by atoms with Crippen LogP contribution in [0.25, 0.3) is 0 Å². The van der Waals surface area contributed by atoms with E-state index in [0.29, 0.717) is 11.6 Å². The van der Waals surface area contributed by atoms with Gasteiger partial charge in [0.05, 0.1) is 11.9 Å². The molecule has 5 nitrogen and oxygen atoms in total. The van der Waals surface area contributed by atoms with Crippen molar-refractivity contribution in [3.63, 3.8) is 0 Å². The molecule has 0 heterocycles. The number of carboxylic acids is 1. The number of hydrogen-bond acceptors (Lipinski definition) is 4. The molecule has 0 amide bonds. The average molecular weight is 219 g/mol. The van der Waals surface area contributed by atoms with Gasteiger partial charge in [-0.1, -0.05) is 0 Å². The van der Waals surface area contributed by atoms with E-state index in [0.717, 1.165) is 5.75 Å². The molecule has 0 aliphatic rings. The van der Waals surface area contributed by atoms with Gasteiger partial charge in [0.1, 0.15) is 6.04 Å². The second kappa shape index (κ2) is 6.67. The normalized spacial score (nSPS) is 16.4. The zero-order valence-corrected chi connectivity index (χ0v) is 9.25. The smallest absolute Gasteiger partial charge is 0.321 e. The van der Waals surface area contributed by atoms with E-state index in [9.17, 15) is 4.79 Å². The molecule has 2 atom stereocenters. The summed E-state index contributed by atoms with van der Waals surface area (Å²) in [7, 11) is 0. The van der Waals surface area contributed by atoms with E-state index < -0.39 is 12.0 Å². The molecule has 0 aliphatic carbocycles. The van der Waals surface area contributed by atoms with Crippen molar-refractivity contribution in [3.05, 3.63) is 0 Å². The van der Waals surface area contributed by atoms with Gasteiger partial charge in [0.2, 0.25) is 0 Å². The molecule has 0 bridgehead atoms. The van der Waals surface area contributed by atoms with E-state index in [4.69, 9.17) is 16.6 Å². The van der Waals surface area contributed by atoms with Crippen LogP contribution in [0.1, 0.15) is 13.8 Å². The van der Waals surface area contributed by atoms with Crippen LogP contribution in [0, 0.1) is 0 Å². The highest BCUT2D eigenvalue weighted by Crippen LogP contribution is 2.06. The van der Waals surface area contributed by atoms with Crippen LogP contribution in [0.5, 0.6) is 0 Å². The number of carbonyl (C=O) groups is 1. The van der Waals surface area contributed by atoms with Crippen LogP contribution < -0.4 is 11.5 Å². The van der Waals surface area contributed by atoms with Gasteiger partial charge in [-0.25, -0.2) is 0 Å². The van der Waals surface area contributed by atoms with Gasteiger partial charge in [-0.3, -0.25) is 9.79 Å². The summed E-state index contributed by atoms with van der Waals surface area (Å²) in [5, 5.41) is 8.51. The molecule has 82 valence electrons. The van der Waals surface area contributed by atoms with Crippen molar-refractivity contribution in [2.24, 2.45) is 16.5 Å². The molecule has 0 saturated heterocycles. The Morgan fingerprint density at radius 3 is 2.57 bits per heavy atom. The van der Waals surface area contributed by atoms with E-state index in [2.05, 4.69) is 4.99 Å². The molecule has 0 rings (SSSR count). The largest absolute Gasteiger partial charge is 0.480 e. The van der Waals surface area contributed by atoms with Crippen molar-refractivity contribution in [2.45, 2.75) is 25.9 Å². The minimum atomic E-state index is -0.969. The number of aliphatic carboxylic acids is 1. The highest BCUT2D eigenvalue weighted by molar-refractivity contribution is 7.99. The summed E-state index contributed by atoms with van der Waals surface area (Å²) in [6.07, 6.45) is 0. The van der Waals surface area contributed by atoms with Crippen molar-refractivity contribution < 1.29 is 9.90 Å². The number of amidine groups is 1. The Balaban J connectivity index is 3.64. The fourth-order valence-corrected chi connectivity index (χ4v) is 1.77. The maximum Gasteiger partial charge on any atom is 0.321 e. The van der Waals surface area contributed by atoms with Gasteiger partial charge in [-0.15, -0.1) is 0 Å². The molecule has 0 aromatic carbocycles. The Kier molecular flexibility index (Phi) is 6.31. The SMILES string of the molecule is CC(N)=NC(C)CSC[C@H](N)C(=O)O. The summed E-state index contributed by atoms with van der Waals surface area (Å²) in [5.74, 6) is 0.707. The lowest BCUT2D eigenvalue weighted by molar-refractivity contribution is -0.137. The highest BCUT2D eigenvalue weighted by atomic mass is 32.2. The van der Waals surface area contributed by atoms with Crippen molar-refractivity contribution in [1.29, 1.82) is 0 Å². The maximum absolute atomic E-state index is 10.4. The predicted octanol–water partition coefficient (Wildman–Crippen LogP) is -0.103. The van der Waals surface area contributed by atoms with E-state index in [1.54, 1.807) is 6.92 Å². The van der Waals surface area contributed by atoms with Crippen molar-refractivity contribution in [3.8, 4) is 0 Å². The Morgan fingerprint density at radius 1 is 1.57 bits per heavy atom. The number of nitrogens with two attached hydrogens (primary N) is 2. The van der Waals surface area contributed by atoms with Crippen molar-refractivity contribution in [2.75, 3.05) is 11.5 Å². The third-order valence-electron chi connectivity index (χ3n) is 1.40. The number of rotatable bonds is 6. The first-order valence-corrected chi connectivity index (χ1v) is 5.45. The minimum absolute atomic E-state index is 0.103. The lowest BCUT2D eigenvalue weighted by atomic mass is 10.4. The van der Waals surface area contributed by atoms with Gasteiger partial charge in [-0.2, -0.15) is 11.8 Å². The fraction of sp³-hybridized carbons (Fsp3) is 0.750. The summed E-state index contributed by atoms with van der Waals surface area (Å²) in [6.45, 7) is 3.65. The maximum atomic E-state index is 10.4. The lowest BCUT2D eigenvalue weighted by Gasteiger charge is -2.08. The van der Waals surface area contributed by atoms with Gasteiger partial charge < -0.3 is 16.6 Å². The van der Waals surface area contributed by atoms with Gasteiger partial charge >= 0.3 is 5.97 Å². The Labute approximate surface area is 87.9 Å². The standard InChI is InChI=1S/C8H17N3O2S/c1-5(11-6(2)9)3-14-4-7(10)8(12)13/h5,7H,3-4,10H2,1-2H3,(H2,9,11)(H,12,13)/t5?,7-/m0/s1.